The van der Waals surface area contributed by atoms with Crippen molar-refractivity contribution in [3.63, 3.8) is 0 Å². The molecule has 0 bridgehead atoms. The zero-order chi connectivity index (χ0) is 19.5. The number of ether oxygens (including phenoxy) is 3. The lowest BCUT2D eigenvalue weighted by Gasteiger charge is -2.17. The Bertz CT molecular complexity index is 582. The highest BCUT2D eigenvalue weighted by molar-refractivity contribution is 5.69. The highest BCUT2D eigenvalue weighted by Crippen LogP contribution is 2.48. The number of carbonyl (C=O) groups is 1. The maximum atomic E-state index is 11.0. The average Bonchev–Trinajstić information content (AvgIpc) is 2.64. The number of rotatable bonds is 12. The molecule has 148 valence electrons. The number of esters is 1. The van der Waals surface area contributed by atoms with Gasteiger partial charge in [-0.25, -0.2) is 0 Å². The van der Waals surface area contributed by atoms with Gasteiger partial charge in [-0.05, 0) is 26.2 Å². The predicted molar refractivity (Wildman–Crippen MR) is 100 cm³/mol. The first-order valence-electron chi connectivity index (χ1n) is 9.20. The first-order valence-corrected chi connectivity index (χ1v) is 9.20. The van der Waals surface area contributed by atoms with E-state index < -0.39 is 0 Å². The van der Waals surface area contributed by atoms with Crippen molar-refractivity contribution in [1.29, 1.82) is 0 Å². The molecule has 0 unspecified atom stereocenters. The summed E-state index contributed by atoms with van der Waals surface area (Å²) in [4.78, 5) is 11.0. The largest absolute Gasteiger partial charge is 0.504 e. The van der Waals surface area contributed by atoms with Crippen LogP contribution in [0.1, 0.15) is 62.5 Å². The second kappa shape index (κ2) is 11.5. The van der Waals surface area contributed by atoms with E-state index in [9.17, 15) is 15.0 Å². The van der Waals surface area contributed by atoms with Gasteiger partial charge in [-0.15, -0.1) is 0 Å². The van der Waals surface area contributed by atoms with E-state index in [0.29, 0.717) is 24.0 Å². The van der Waals surface area contributed by atoms with Crippen molar-refractivity contribution < 1.29 is 29.2 Å². The Hall–Kier alpha value is -2.11. The first-order chi connectivity index (χ1) is 12.5. The molecule has 0 amide bonds. The van der Waals surface area contributed by atoms with Crippen molar-refractivity contribution in [2.75, 3.05) is 21.3 Å². The summed E-state index contributed by atoms with van der Waals surface area (Å²) in [5.41, 5.74) is 1.33. The normalized spacial score (nSPS) is 10.6. The van der Waals surface area contributed by atoms with Crippen molar-refractivity contribution in [2.24, 2.45) is 0 Å². The molecule has 0 atom stereocenters. The van der Waals surface area contributed by atoms with Crippen LogP contribution in [-0.2, 0) is 16.0 Å². The molecule has 0 fully saturated rings. The molecular weight excluding hydrogens is 336 g/mol. The Morgan fingerprint density at radius 3 is 1.85 bits per heavy atom. The highest BCUT2D eigenvalue weighted by atomic mass is 16.5. The smallest absolute Gasteiger partial charge is 0.305 e. The molecule has 6 nitrogen and oxygen atoms in total. The fourth-order valence-electron chi connectivity index (χ4n) is 3.08. The van der Waals surface area contributed by atoms with Crippen LogP contribution < -0.4 is 9.47 Å². The van der Waals surface area contributed by atoms with Gasteiger partial charge in [-0.2, -0.15) is 0 Å². The van der Waals surface area contributed by atoms with Gasteiger partial charge in [0.25, 0.3) is 0 Å². The molecule has 0 heterocycles. The van der Waals surface area contributed by atoms with Crippen molar-refractivity contribution in [3.05, 3.63) is 11.1 Å². The molecule has 1 aromatic rings. The Labute approximate surface area is 156 Å². The molecule has 0 aliphatic carbocycles. The van der Waals surface area contributed by atoms with E-state index in [1.54, 1.807) is 6.92 Å². The van der Waals surface area contributed by atoms with E-state index in [4.69, 9.17) is 9.47 Å². The monoisotopic (exact) mass is 368 g/mol. The number of hydrogen-bond acceptors (Lipinski definition) is 6. The zero-order valence-electron chi connectivity index (χ0n) is 16.4. The second-order valence-electron chi connectivity index (χ2n) is 6.42. The lowest BCUT2D eigenvalue weighted by atomic mass is 9.98. The maximum absolute atomic E-state index is 11.0. The lowest BCUT2D eigenvalue weighted by molar-refractivity contribution is -0.140. The second-order valence-corrected chi connectivity index (χ2v) is 6.42. The zero-order valence-corrected chi connectivity index (χ0v) is 16.4. The standard InChI is InChI=1S/C20H32O6/c1-14-15(18(23)20(26-4)19(25-3)17(14)22)12-10-8-6-5-7-9-11-13-16(21)24-2/h22-23H,5-13H2,1-4H3. The minimum absolute atomic E-state index is 0.0164. The Morgan fingerprint density at radius 2 is 1.31 bits per heavy atom. The number of hydrogen-bond donors (Lipinski definition) is 2. The van der Waals surface area contributed by atoms with Crippen molar-refractivity contribution in [2.45, 2.75) is 64.7 Å². The minimum Gasteiger partial charge on any atom is -0.504 e. The molecule has 1 aromatic carbocycles. The van der Waals surface area contributed by atoms with E-state index in [0.717, 1.165) is 44.9 Å². The van der Waals surface area contributed by atoms with Gasteiger partial charge in [0.1, 0.15) is 0 Å². The maximum Gasteiger partial charge on any atom is 0.305 e. The molecule has 6 heteroatoms. The molecule has 0 radical (unpaired) electrons. The van der Waals surface area contributed by atoms with Gasteiger partial charge in [0.2, 0.25) is 11.5 Å². The third-order valence-electron chi connectivity index (χ3n) is 4.67. The van der Waals surface area contributed by atoms with Gasteiger partial charge in [0, 0.05) is 17.5 Å². The Kier molecular flexibility index (Phi) is 9.70. The van der Waals surface area contributed by atoms with Crippen LogP contribution in [0.15, 0.2) is 0 Å². The van der Waals surface area contributed by atoms with Gasteiger partial charge >= 0.3 is 5.97 Å². The molecule has 26 heavy (non-hydrogen) atoms. The highest BCUT2D eigenvalue weighted by Gasteiger charge is 2.22. The van der Waals surface area contributed by atoms with Crippen molar-refractivity contribution in [3.8, 4) is 23.0 Å². The van der Waals surface area contributed by atoms with Gasteiger partial charge in [0.15, 0.2) is 11.5 Å². The summed E-state index contributed by atoms with van der Waals surface area (Å²) < 4.78 is 14.9. The van der Waals surface area contributed by atoms with Crippen LogP contribution in [0.2, 0.25) is 0 Å². The number of phenols is 2. The SMILES string of the molecule is COC(=O)CCCCCCCCCc1c(C)c(O)c(OC)c(OC)c1O. The Balaban J connectivity index is 2.40. The van der Waals surface area contributed by atoms with E-state index in [-0.39, 0.29) is 29.0 Å². The number of unbranched alkanes of at least 4 members (excludes halogenated alkanes) is 6. The summed E-state index contributed by atoms with van der Waals surface area (Å²) in [6.45, 7) is 1.77. The van der Waals surface area contributed by atoms with Crippen LogP contribution in [0.3, 0.4) is 0 Å². The van der Waals surface area contributed by atoms with E-state index in [1.807, 2.05) is 0 Å². The van der Waals surface area contributed by atoms with Gasteiger partial charge in [-0.1, -0.05) is 32.1 Å². The number of methoxy groups -OCH3 is 3. The third-order valence-corrected chi connectivity index (χ3v) is 4.67. The van der Waals surface area contributed by atoms with Crippen LogP contribution in [0.4, 0.5) is 0 Å². The molecular formula is C20H32O6. The van der Waals surface area contributed by atoms with Crippen LogP contribution in [0.5, 0.6) is 23.0 Å². The molecule has 1 rings (SSSR count). The number of carbonyl (C=O) groups excluding carboxylic acids is 1. The minimum atomic E-state index is -0.140. The lowest BCUT2D eigenvalue weighted by Crippen LogP contribution is -1.99. The van der Waals surface area contributed by atoms with Crippen molar-refractivity contribution >= 4 is 5.97 Å². The Morgan fingerprint density at radius 1 is 0.808 bits per heavy atom. The summed E-state index contributed by atoms with van der Waals surface area (Å²) in [7, 11) is 4.29. The third kappa shape index (κ3) is 6.00. The van der Waals surface area contributed by atoms with Crippen LogP contribution in [0.25, 0.3) is 0 Å². The van der Waals surface area contributed by atoms with Gasteiger partial charge in [-0.3, -0.25) is 4.79 Å². The fourth-order valence-corrected chi connectivity index (χ4v) is 3.08. The average molecular weight is 368 g/mol. The molecule has 2 N–H and O–H groups in total. The molecule has 0 aliphatic heterocycles. The summed E-state index contributed by atoms with van der Waals surface area (Å²) in [5, 5.41) is 20.7. The van der Waals surface area contributed by atoms with E-state index >= 15 is 0 Å². The predicted octanol–water partition coefficient (Wildman–Crippen LogP) is 4.26. The summed E-state index contributed by atoms with van der Waals surface area (Å²) in [6, 6.07) is 0. The van der Waals surface area contributed by atoms with Crippen LogP contribution in [-0.4, -0.2) is 37.5 Å². The first kappa shape index (κ1) is 21.9. The van der Waals surface area contributed by atoms with Crippen LogP contribution >= 0.6 is 0 Å². The summed E-state index contributed by atoms with van der Waals surface area (Å²) >= 11 is 0. The number of benzene rings is 1. The number of aromatic hydroxyl groups is 2. The molecule has 0 aliphatic rings. The molecule has 0 saturated heterocycles. The van der Waals surface area contributed by atoms with Gasteiger partial charge in [0.05, 0.1) is 21.3 Å². The molecule has 0 aromatic heterocycles. The molecule has 0 saturated carbocycles. The van der Waals surface area contributed by atoms with E-state index in [1.165, 1.54) is 21.3 Å². The van der Waals surface area contributed by atoms with Gasteiger partial charge < -0.3 is 24.4 Å². The number of phenolic OH excluding ortho intramolecular Hbond substituents is 2. The topological polar surface area (TPSA) is 85.2 Å². The summed E-state index contributed by atoms with van der Waals surface area (Å²) in [6.07, 6.45) is 8.41. The van der Waals surface area contributed by atoms with Crippen molar-refractivity contribution in [1.82, 2.24) is 0 Å². The van der Waals surface area contributed by atoms with Crippen LogP contribution in [0, 0.1) is 6.92 Å². The van der Waals surface area contributed by atoms with E-state index in [2.05, 4.69) is 4.74 Å². The quantitative estimate of drug-likeness (QED) is 0.326. The fraction of sp³-hybridized carbons (Fsp3) is 0.650. The summed E-state index contributed by atoms with van der Waals surface area (Å²) in [5.74, 6) is 0.262. The molecule has 0 spiro atoms.